The first-order valence-electron chi connectivity index (χ1n) is 9.40. The fraction of sp³-hybridized carbons (Fsp3) is 0.650. The quantitative estimate of drug-likeness (QED) is 0.622. The summed E-state index contributed by atoms with van der Waals surface area (Å²) in [7, 11) is 1.86. The van der Waals surface area contributed by atoms with E-state index in [0.29, 0.717) is 0 Å². The Bertz CT molecular complexity index is 557. The Morgan fingerprint density at radius 2 is 1.88 bits per heavy atom. The topological polar surface area (TPSA) is 39.7 Å². The minimum absolute atomic E-state index is 0.767. The Hall–Kier alpha value is -1.55. The van der Waals surface area contributed by atoms with Gasteiger partial charge in [0, 0.05) is 32.7 Å². The van der Waals surface area contributed by atoms with Crippen molar-refractivity contribution in [2.75, 3.05) is 33.2 Å². The first-order valence-corrected chi connectivity index (χ1v) is 9.40. The molecule has 1 heterocycles. The Labute approximate surface area is 146 Å². The number of likely N-dealkylation sites (tertiary alicyclic amines) is 1. The zero-order valence-electron chi connectivity index (χ0n) is 15.4. The number of guanidine groups is 1. The van der Waals surface area contributed by atoms with E-state index in [2.05, 4.69) is 52.6 Å². The molecule has 132 valence electrons. The van der Waals surface area contributed by atoms with Gasteiger partial charge in [0.15, 0.2) is 5.96 Å². The lowest BCUT2D eigenvalue weighted by molar-refractivity contribution is 0.314. The van der Waals surface area contributed by atoms with Crippen LogP contribution in [0.5, 0.6) is 0 Å². The Kier molecular flexibility index (Phi) is 5.77. The lowest BCUT2D eigenvalue weighted by Gasteiger charge is -2.17. The molecule has 2 fully saturated rings. The molecule has 1 aliphatic heterocycles. The van der Waals surface area contributed by atoms with Crippen LogP contribution in [0, 0.1) is 19.8 Å². The van der Waals surface area contributed by atoms with Crippen LogP contribution in [0.1, 0.15) is 36.0 Å². The Morgan fingerprint density at radius 1 is 1.12 bits per heavy atom. The number of aryl methyl sites for hydroxylation is 2. The maximum Gasteiger partial charge on any atom is 0.190 e. The lowest BCUT2D eigenvalue weighted by Crippen LogP contribution is -2.41. The van der Waals surface area contributed by atoms with Gasteiger partial charge in [0.2, 0.25) is 0 Å². The van der Waals surface area contributed by atoms with Gasteiger partial charge in [-0.05, 0) is 57.6 Å². The summed E-state index contributed by atoms with van der Waals surface area (Å²) in [6.07, 6.45) is 5.19. The highest BCUT2D eigenvalue weighted by molar-refractivity contribution is 5.79. The fourth-order valence-corrected chi connectivity index (χ4v) is 3.80. The van der Waals surface area contributed by atoms with E-state index < -0.39 is 0 Å². The maximum absolute atomic E-state index is 4.36. The first-order chi connectivity index (χ1) is 11.6. The Balaban J connectivity index is 1.37. The van der Waals surface area contributed by atoms with Crippen LogP contribution >= 0.6 is 0 Å². The fourth-order valence-electron chi connectivity index (χ4n) is 3.80. The van der Waals surface area contributed by atoms with E-state index in [9.17, 15) is 0 Å². The predicted molar refractivity (Wildman–Crippen MR) is 102 cm³/mol. The second kappa shape index (κ2) is 8.02. The molecule has 1 aliphatic carbocycles. The second-order valence-electron chi connectivity index (χ2n) is 7.51. The van der Waals surface area contributed by atoms with E-state index in [4.69, 9.17) is 0 Å². The monoisotopic (exact) mass is 328 g/mol. The summed E-state index contributed by atoms with van der Waals surface area (Å²) in [5, 5.41) is 6.96. The third kappa shape index (κ3) is 4.97. The number of rotatable bonds is 6. The van der Waals surface area contributed by atoms with E-state index in [0.717, 1.165) is 37.4 Å². The molecule has 1 aromatic carbocycles. The van der Waals surface area contributed by atoms with E-state index in [-0.39, 0.29) is 0 Å². The number of nitrogens with zero attached hydrogens (tertiary/aromatic N) is 2. The molecule has 1 saturated carbocycles. The van der Waals surface area contributed by atoms with Crippen LogP contribution in [0.15, 0.2) is 23.2 Å². The van der Waals surface area contributed by atoms with Crippen molar-refractivity contribution < 1.29 is 0 Å². The summed E-state index contributed by atoms with van der Waals surface area (Å²) in [6, 6.07) is 7.68. The van der Waals surface area contributed by atoms with Gasteiger partial charge in [-0.15, -0.1) is 0 Å². The summed E-state index contributed by atoms with van der Waals surface area (Å²) < 4.78 is 0. The molecule has 4 nitrogen and oxygen atoms in total. The normalized spacial score (nSPS) is 22.0. The lowest BCUT2D eigenvalue weighted by atomic mass is 10.1. The number of nitrogens with one attached hydrogen (secondary N) is 2. The number of hydrogen-bond donors (Lipinski definition) is 2. The highest BCUT2D eigenvalue weighted by atomic mass is 15.2. The van der Waals surface area contributed by atoms with Gasteiger partial charge >= 0.3 is 0 Å². The van der Waals surface area contributed by atoms with Gasteiger partial charge in [0.1, 0.15) is 0 Å². The summed E-state index contributed by atoms with van der Waals surface area (Å²) in [5.41, 5.74) is 4.08. The molecule has 1 atom stereocenters. The highest BCUT2D eigenvalue weighted by Gasteiger charge is 2.34. The maximum atomic E-state index is 4.36. The smallest absolute Gasteiger partial charge is 0.190 e. The van der Waals surface area contributed by atoms with Crippen LogP contribution in [-0.4, -0.2) is 50.1 Å². The molecular formula is C20H32N4. The van der Waals surface area contributed by atoms with E-state index >= 15 is 0 Å². The molecule has 2 aliphatic rings. The molecule has 1 unspecified atom stereocenters. The number of aliphatic imine (C=N–C) groups is 1. The SMILES string of the molecule is CN=C(NCCc1cc(C)cc(C)c1)NCC1CCN(C2CC2)C1. The van der Waals surface area contributed by atoms with Gasteiger partial charge in [-0.25, -0.2) is 0 Å². The minimum Gasteiger partial charge on any atom is -0.356 e. The third-order valence-corrected chi connectivity index (χ3v) is 5.15. The zero-order chi connectivity index (χ0) is 16.9. The average Bonchev–Trinajstić information content (AvgIpc) is 3.29. The van der Waals surface area contributed by atoms with Crippen LogP contribution in [0.2, 0.25) is 0 Å². The second-order valence-corrected chi connectivity index (χ2v) is 7.51. The molecule has 24 heavy (non-hydrogen) atoms. The number of hydrogen-bond acceptors (Lipinski definition) is 2. The van der Waals surface area contributed by atoms with Crippen LogP contribution in [-0.2, 0) is 6.42 Å². The van der Waals surface area contributed by atoms with Crippen molar-refractivity contribution in [1.29, 1.82) is 0 Å². The molecule has 0 bridgehead atoms. The predicted octanol–water partition coefficient (Wildman–Crippen LogP) is 2.50. The van der Waals surface area contributed by atoms with E-state index in [1.54, 1.807) is 0 Å². The highest BCUT2D eigenvalue weighted by Crippen LogP contribution is 2.31. The van der Waals surface area contributed by atoms with Gasteiger partial charge < -0.3 is 15.5 Å². The Morgan fingerprint density at radius 3 is 2.54 bits per heavy atom. The van der Waals surface area contributed by atoms with Gasteiger partial charge in [-0.2, -0.15) is 0 Å². The molecule has 1 aromatic rings. The molecule has 0 spiro atoms. The molecule has 0 radical (unpaired) electrons. The van der Waals surface area contributed by atoms with Gasteiger partial charge in [0.25, 0.3) is 0 Å². The van der Waals surface area contributed by atoms with Crippen molar-refractivity contribution in [3.05, 3.63) is 34.9 Å². The first kappa shape index (κ1) is 17.3. The molecule has 0 aromatic heterocycles. The largest absolute Gasteiger partial charge is 0.356 e. The number of benzene rings is 1. The molecule has 0 amide bonds. The summed E-state index contributed by atoms with van der Waals surface area (Å²) >= 11 is 0. The van der Waals surface area contributed by atoms with Crippen molar-refractivity contribution in [3.8, 4) is 0 Å². The standard InChI is InChI=1S/C20H32N4/c1-15-10-16(2)12-17(11-15)6-8-22-20(21-3)23-13-18-7-9-24(14-18)19-4-5-19/h10-12,18-19H,4-9,13-14H2,1-3H3,(H2,21,22,23). The summed E-state index contributed by atoms with van der Waals surface area (Å²) in [4.78, 5) is 7.03. The van der Waals surface area contributed by atoms with Gasteiger partial charge in [0.05, 0.1) is 0 Å². The van der Waals surface area contributed by atoms with E-state index in [1.165, 1.54) is 49.0 Å². The summed E-state index contributed by atoms with van der Waals surface area (Å²) in [6.45, 7) is 8.83. The van der Waals surface area contributed by atoms with Crippen molar-refractivity contribution in [1.82, 2.24) is 15.5 Å². The van der Waals surface area contributed by atoms with Crippen LogP contribution < -0.4 is 10.6 Å². The van der Waals surface area contributed by atoms with Gasteiger partial charge in [-0.1, -0.05) is 29.3 Å². The van der Waals surface area contributed by atoms with Crippen molar-refractivity contribution in [2.45, 2.75) is 45.6 Å². The summed E-state index contributed by atoms with van der Waals surface area (Å²) in [5.74, 6) is 1.70. The van der Waals surface area contributed by atoms with Crippen LogP contribution in [0.4, 0.5) is 0 Å². The molecule has 2 N–H and O–H groups in total. The van der Waals surface area contributed by atoms with Crippen molar-refractivity contribution >= 4 is 5.96 Å². The average molecular weight is 329 g/mol. The molecule has 1 saturated heterocycles. The van der Waals surface area contributed by atoms with Crippen LogP contribution in [0.3, 0.4) is 0 Å². The van der Waals surface area contributed by atoms with Crippen molar-refractivity contribution in [2.24, 2.45) is 10.9 Å². The molecule has 3 rings (SSSR count). The van der Waals surface area contributed by atoms with Crippen LogP contribution in [0.25, 0.3) is 0 Å². The molecular weight excluding hydrogens is 296 g/mol. The third-order valence-electron chi connectivity index (χ3n) is 5.15. The zero-order valence-corrected chi connectivity index (χ0v) is 15.4. The van der Waals surface area contributed by atoms with Gasteiger partial charge in [-0.3, -0.25) is 4.99 Å². The molecule has 4 heteroatoms. The minimum atomic E-state index is 0.767. The van der Waals surface area contributed by atoms with E-state index in [1.807, 2.05) is 7.05 Å². The van der Waals surface area contributed by atoms with Crippen molar-refractivity contribution in [3.63, 3.8) is 0 Å².